The second-order valence-electron chi connectivity index (χ2n) is 6.56. The van der Waals surface area contributed by atoms with Crippen LogP contribution in [0, 0.1) is 0 Å². The summed E-state index contributed by atoms with van der Waals surface area (Å²) in [6.07, 6.45) is 0. The van der Waals surface area contributed by atoms with Crippen molar-refractivity contribution in [3.63, 3.8) is 0 Å². The number of rotatable bonds is 5. The van der Waals surface area contributed by atoms with Gasteiger partial charge in [0.2, 0.25) is 11.8 Å². The van der Waals surface area contributed by atoms with E-state index < -0.39 is 0 Å². The zero-order valence-electron chi connectivity index (χ0n) is 14.9. The van der Waals surface area contributed by atoms with Gasteiger partial charge in [0.1, 0.15) is 0 Å². The summed E-state index contributed by atoms with van der Waals surface area (Å²) in [5, 5.41) is 11.6. The van der Waals surface area contributed by atoms with Crippen LogP contribution < -0.4 is 10.2 Å². The average Bonchev–Trinajstić information content (AvgIpc) is 3.17. The average molecular weight is 349 g/mol. The maximum atomic E-state index is 5.72. The van der Waals surface area contributed by atoms with Crippen LogP contribution in [0.5, 0.6) is 0 Å². The fraction of sp³-hybridized carbons (Fsp3) is 0.300. The highest BCUT2D eigenvalue weighted by molar-refractivity contribution is 5.55. The summed E-state index contributed by atoms with van der Waals surface area (Å²) in [5.74, 6) is 1.12. The van der Waals surface area contributed by atoms with Crippen molar-refractivity contribution in [2.75, 3.05) is 43.4 Å². The van der Waals surface area contributed by atoms with Gasteiger partial charge in [-0.2, -0.15) is 0 Å². The number of hydrogen-bond acceptors (Lipinski definition) is 6. The third kappa shape index (κ3) is 3.86. The van der Waals surface area contributed by atoms with Gasteiger partial charge in [-0.15, -0.1) is 10.2 Å². The van der Waals surface area contributed by atoms with Gasteiger partial charge in [0, 0.05) is 43.1 Å². The van der Waals surface area contributed by atoms with Crippen molar-refractivity contribution in [3.8, 4) is 11.5 Å². The minimum Gasteiger partial charge on any atom is -0.419 e. The molecule has 26 heavy (non-hydrogen) atoms. The Morgan fingerprint density at radius 2 is 1.65 bits per heavy atom. The van der Waals surface area contributed by atoms with Crippen molar-refractivity contribution in [2.24, 2.45) is 0 Å². The van der Waals surface area contributed by atoms with E-state index in [1.54, 1.807) is 0 Å². The van der Waals surface area contributed by atoms with Gasteiger partial charge in [0.15, 0.2) is 0 Å². The highest BCUT2D eigenvalue weighted by atomic mass is 16.4. The first-order valence-corrected chi connectivity index (χ1v) is 8.93. The lowest BCUT2D eigenvalue weighted by Gasteiger charge is -2.34. The van der Waals surface area contributed by atoms with E-state index in [0.717, 1.165) is 37.4 Å². The Morgan fingerprint density at radius 1 is 0.923 bits per heavy atom. The molecule has 1 aromatic heterocycles. The van der Waals surface area contributed by atoms with E-state index in [2.05, 4.69) is 56.6 Å². The maximum absolute atomic E-state index is 5.72. The van der Waals surface area contributed by atoms with E-state index in [-0.39, 0.29) is 0 Å². The molecule has 2 heterocycles. The summed E-state index contributed by atoms with van der Waals surface area (Å²) < 4.78 is 5.72. The van der Waals surface area contributed by atoms with Crippen molar-refractivity contribution in [2.45, 2.75) is 6.54 Å². The van der Waals surface area contributed by atoms with E-state index in [4.69, 9.17) is 4.42 Å². The molecule has 0 radical (unpaired) electrons. The molecule has 2 aromatic carbocycles. The number of likely N-dealkylation sites (N-methyl/N-ethyl adjacent to an activating group) is 1. The van der Waals surface area contributed by atoms with Crippen molar-refractivity contribution >= 4 is 11.4 Å². The number of aromatic nitrogens is 2. The fourth-order valence-electron chi connectivity index (χ4n) is 3.05. The Bertz CT molecular complexity index is 823. The molecule has 4 rings (SSSR count). The van der Waals surface area contributed by atoms with Gasteiger partial charge in [0.25, 0.3) is 0 Å². The summed E-state index contributed by atoms with van der Waals surface area (Å²) in [7, 11) is 2.17. The quantitative estimate of drug-likeness (QED) is 0.764. The van der Waals surface area contributed by atoms with Crippen molar-refractivity contribution in [3.05, 3.63) is 60.5 Å². The third-order valence-electron chi connectivity index (χ3n) is 4.67. The standard InChI is InChI=1S/C20H23N5O/c1-24-11-13-25(14-12-24)18-9-7-17(8-10-18)21-15-19-22-23-20(26-19)16-5-3-2-4-6-16/h2-10,21H,11-15H2,1H3. The molecule has 0 unspecified atom stereocenters. The molecule has 0 saturated carbocycles. The SMILES string of the molecule is CN1CCN(c2ccc(NCc3nnc(-c4ccccc4)o3)cc2)CC1. The summed E-state index contributed by atoms with van der Waals surface area (Å²) in [5.41, 5.74) is 3.25. The van der Waals surface area contributed by atoms with Gasteiger partial charge in [-0.25, -0.2) is 0 Å². The number of hydrogen-bond donors (Lipinski definition) is 1. The lowest BCUT2D eigenvalue weighted by atomic mass is 10.2. The predicted molar refractivity (Wildman–Crippen MR) is 103 cm³/mol. The smallest absolute Gasteiger partial charge is 0.247 e. The van der Waals surface area contributed by atoms with Gasteiger partial charge in [-0.3, -0.25) is 0 Å². The van der Waals surface area contributed by atoms with E-state index in [1.807, 2.05) is 30.3 Å². The van der Waals surface area contributed by atoms with Crippen LogP contribution in [0.15, 0.2) is 59.0 Å². The molecule has 1 saturated heterocycles. The monoisotopic (exact) mass is 349 g/mol. The summed E-state index contributed by atoms with van der Waals surface area (Å²) in [4.78, 5) is 4.79. The summed E-state index contributed by atoms with van der Waals surface area (Å²) in [6, 6.07) is 18.3. The van der Waals surface area contributed by atoms with E-state index in [0.29, 0.717) is 18.3 Å². The summed E-state index contributed by atoms with van der Waals surface area (Å²) in [6.45, 7) is 4.89. The topological polar surface area (TPSA) is 57.4 Å². The largest absolute Gasteiger partial charge is 0.419 e. The Morgan fingerprint density at radius 3 is 2.38 bits per heavy atom. The highest BCUT2D eigenvalue weighted by Gasteiger charge is 2.14. The lowest BCUT2D eigenvalue weighted by molar-refractivity contribution is 0.313. The minimum atomic E-state index is 0.508. The molecule has 3 aromatic rings. The van der Waals surface area contributed by atoms with E-state index in [9.17, 15) is 0 Å². The normalized spacial score (nSPS) is 15.2. The van der Waals surface area contributed by atoms with Gasteiger partial charge in [0.05, 0.1) is 6.54 Å². The predicted octanol–water partition coefficient (Wildman–Crippen LogP) is 3.10. The van der Waals surface area contributed by atoms with E-state index >= 15 is 0 Å². The third-order valence-corrected chi connectivity index (χ3v) is 4.67. The number of nitrogens with zero attached hydrogens (tertiary/aromatic N) is 4. The van der Waals surface area contributed by atoms with Crippen LogP contribution in [-0.4, -0.2) is 48.3 Å². The molecule has 1 aliphatic rings. The molecular formula is C20H23N5O. The van der Waals surface area contributed by atoms with Gasteiger partial charge >= 0.3 is 0 Å². The molecule has 0 amide bonds. The van der Waals surface area contributed by atoms with Crippen molar-refractivity contribution in [1.82, 2.24) is 15.1 Å². The first kappa shape index (κ1) is 16.6. The second-order valence-corrected chi connectivity index (χ2v) is 6.56. The van der Waals surface area contributed by atoms with Crippen LogP contribution in [0.2, 0.25) is 0 Å². The molecule has 1 N–H and O–H groups in total. The first-order chi connectivity index (χ1) is 12.8. The van der Waals surface area contributed by atoms with E-state index in [1.165, 1.54) is 5.69 Å². The molecule has 0 bridgehead atoms. The minimum absolute atomic E-state index is 0.508. The van der Waals surface area contributed by atoms with Crippen LogP contribution in [0.3, 0.4) is 0 Å². The molecule has 1 fully saturated rings. The number of anilines is 2. The van der Waals surface area contributed by atoms with Crippen LogP contribution in [0.4, 0.5) is 11.4 Å². The number of nitrogens with one attached hydrogen (secondary N) is 1. The number of piperazine rings is 1. The number of benzene rings is 2. The Kier molecular flexibility index (Phi) is 4.84. The van der Waals surface area contributed by atoms with Crippen molar-refractivity contribution < 1.29 is 4.42 Å². The molecule has 134 valence electrons. The van der Waals surface area contributed by atoms with Crippen molar-refractivity contribution in [1.29, 1.82) is 0 Å². The lowest BCUT2D eigenvalue weighted by Crippen LogP contribution is -2.44. The fourth-order valence-corrected chi connectivity index (χ4v) is 3.05. The maximum Gasteiger partial charge on any atom is 0.247 e. The zero-order valence-corrected chi connectivity index (χ0v) is 14.9. The second kappa shape index (κ2) is 7.58. The van der Waals surface area contributed by atoms with Gasteiger partial charge in [-0.1, -0.05) is 18.2 Å². The molecular weight excluding hydrogens is 326 g/mol. The Hall–Kier alpha value is -2.86. The van der Waals surface area contributed by atoms with Crippen LogP contribution in [0.25, 0.3) is 11.5 Å². The zero-order chi connectivity index (χ0) is 17.8. The van der Waals surface area contributed by atoms with Gasteiger partial charge in [-0.05, 0) is 43.4 Å². The molecule has 0 aliphatic carbocycles. The molecule has 0 spiro atoms. The molecule has 0 atom stereocenters. The Labute approximate surface area is 153 Å². The molecule has 1 aliphatic heterocycles. The Balaban J connectivity index is 1.34. The van der Waals surface area contributed by atoms with Gasteiger partial charge < -0.3 is 19.5 Å². The van der Waals surface area contributed by atoms with Crippen LogP contribution >= 0.6 is 0 Å². The highest BCUT2D eigenvalue weighted by Crippen LogP contribution is 2.21. The summed E-state index contributed by atoms with van der Waals surface area (Å²) >= 11 is 0. The first-order valence-electron chi connectivity index (χ1n) is 8.93. The molecule has 6 heteroatoms. The van der Waals surface area contributed by atoms with Crippen LogP contribution in [-0.2, 0) is 6.54 Å². The molecule has 6 nitrogen and oxygen atoms in total. The van der Waals surface area contributed by atoms with Crippen LogP contribution in [0.1, 0.15) is 5.89 Å².